The van der Waals surface area contributed by atoms with Gasteiger partial charge in [-0.25, -0.2) is 17.5 Å². The van der Waals surface area contributed by atoms with Crippen molar-refractivity contribution < 1.29 is 12.8 Å². The third kappa shape index (κ3) is 4.26. The van der Waals surface area contributed by atoms with Gasteiger partial charge in [0.2, 0.25) is 10.0 Å². The van der Waals surface area contributed by atoms with Gasteiger partial charge in [0.1, 0.15) is 5.82 Å². The van der Waals surface area contributed by atoms with E-state index in [0.29, 0.717) is 18.7 Å². The average Bonchev–Trinajstić information content (AvgIpc) is 3.21. The summed E-state index contributed by atoms with van der Waals surface area (Å²) in [5, 5.41) is 2.89. The summed E-state index contributed by atoms with van der Waals surface area (Å²) in [5.41, 5.74) is 0.573. The molecule has 1 aliphatic rings. The normalized spacial score (nSPS) is 15.5. The van der Waals surface area contributed by atoms with Crippen LogP contribution in [0.5, 0.6) is 0 Å². The van der Waals surface area contributed by atoms with Gasteiger partial charge in [0.25, 0.3) is 0 Å². The Morgan fingerprint density at radius 2 is 2.10 bits per heavy atom. The van der Waals surface area contributed by atoms with Crippen LogP contribution < -0.4 is 10.0 Å². The van der Waals surface area contributed by atoms with Crippen molar-refractivity contribution in [2.75, 3.05) is 13.6 Å². The van der Waals surface area contributed by atoms with Crippen LogP contribution in [0.2, 0.25) is 0 Å². The molecule has 1 aromatic carbocycles. The lowest BCUT2D eigenvalue weighted by Crippen LogP contribution is -2.26. The van der Waals surface area contributed by atoms with Crippen molar-refractivity contribution >= 4 is 10.0 Å². The van der Waals surface area contributed by atoms with E-state index in [9.17, 15) is 12.8 Å². The summed E-state index contributed by atoms with van der Waals surface area (Å²) >= 11 is 0. The predicted molar refractivity (Wildman–Crippen MR) is 76.3 cm³/mol. The Bertz CT molecular complexity index is 556. The van der Waals surface area contributed by atoms with E-state index in [4.69, 9.17) is 0 Å². The van der Waals surface area contributed by atoms with Gasteiger partial charge in [-0.2, -0.15) is 0 Å². The summed E-state index contributed by atoms with van der Waals surface area (Å²) in [4.78, 5) is 0.0262. The zero-order valence-electron chi connectivity index (χ0n) is 11.7. The van der Waals surface area contributed by atoms with Gasteiger partial charge in [0.15, 0.2) is 0 Å². The maximum Gasteiger partial charge on any atom is 0.240 e. The molecule has 1 fully saturated rings. The molecule has 0 saturated heterocycles. The molecule has 6 heteroatoms. The molecule has 1 aromatic rings. The Balaban J connectivity index is 2.04. The largest absolute Gasteiger partial charge is 0.316 e. The molecule has 0 atom stereocenters. The van der Waals surface area contributed by atoms with E-state index in [1.807, 2.05) is 0 Å². The molecule has 0 unspecified atom stereocenters. The molecule has 0 amide bonds. The molecule has 0 bridgehead atoms. The lowest BCUT2D eigenvalue weighted by atomic mass is 10.2. The highest BCUT2D eigenvalue weighted by molar-refractivity contribution is 7.89. The minimum absolute atomic E-state index is 0.0262. The third-order valence-electron chi connectivity index (χ3n) is 3.46. The van der Waals surface area contributed by atoms with Crippen molar-refractivity contribution in [3.63, 3.8) is 0 Å². The predicted octanol–water partition coefficient (Wildman–Crippen LogP) is 2.01. The third-order valence-corrected chi connectivity index (χ3v) is 5.01. The molecule has 0 heterocycles. The zero-order valence-corrected chi connectivity index (χ0v) is 12.5. The van der Waals surface area contributed by atoms with Gasteiger partial charge in [-0.05, 0) is 43.5 Å². The van der Waals surface area contributed by atoms with Gasteiger partial charge in [-0.1, -0.05) is 18.9 Å². The number of rotatable bonds is 8. The first kappa shape index (κ1) is 15.4. The second-order valence-corrected chi connectivity index (χ2v) is 7.00. The smallest absolute Gasteiger partial charge is 0.240 e. The summed E-state index contributed by atoms with van der Waals surface area (Å²) < 4.78 is 40.3. The summed E-state index contributed by atoms with van der Waals surface area (Å²) in [7, 11) is -1.92. The van der Waals surface area contributed by atoms with Crippen molar-refractivity contribution in [1.29, 1.82) is 0 Å². The molecule has 2 rings (SSSR count). The van der Waals surface area contributed by atoms with Crippen molar-refractivity contribution in [2.45, 2.75) is 37.1 Å². The fourth-order valence-corrected chi connectivity index (χ4v) is 3.52. The highest BCUT2D eigenvalue weighted by Gasteiger charge is 2.22. The van der Waals surface area contributed by atoms with Crippen LogP contribution in [0.25, 0.3) is 0 Å². The number of hydrogen-bond donors (Lipinski definition) is 2. The quantitative estimate of drug-likeness (QED) is 0.722. The van der Waals surface area contributed by atoms with Gasteiger partial charge in [0, 0.05) is 13.1 Å². The molecular formula is C14H21FN2O2S. The van der Waals surface area contributed by atoms with Gasteiger partial charge in [-0.3, -0.25) is 0 Å². The van der Waals surface area contributed by atoms with E-state index in [2.05, 4.69) is 10.0 Å². The number of halogens is 1. The van der Waals surface area contributed by atoms with Crippen LogP contribution in [0.4, 0.5) is 4.39 Å². The molecule has 4 nitrogen and oxygen atoms in total. The number of hydrogen-bond acceptors (Lipinski definition) is 3. The van der Waals surface area contributed by atoms with E-state index >= 15 is 0 Å². The lowest BCUT2D eigenvalue weighted by Gasteiger charge is -2.11. The monoisotopic (exact) mass is 300 g/mol. The lowest BCUT2D eigenvalue weighted by molar-refractivity contribution is 0.567. The summed E-state index contributed by atoms with van der Waals surface area (Å²) in [6.45, 7) is 0.799. The first-order valence-electron chi connectivity index (χ1n) is 6.95. The van der Waals surface area contributed by atoms with Crippen LogP contribution >= 0.6 is 0 Å². The number of benzene rings is 1. The first-order chi connectivity index (χ1) is 9.53. The van der Waals surface area contributed by atoms with Crippen molar-refractivity contribution in [3.05, 3.63) is 29.6 Å². The Morgan fingerprint density at radius 3 is 2.75 bits per heavy atom. The van der Waals surface area contributed by atoms with Gasteiger partial charge >= 0.3 is 0 Å². The van der Waals surface area contributed by atoms with E-state index in [0.717, 1.165) is 24.8 Å². The molecule has 0 spiro atoms. The van der Waals surface area contributed by atoms with E-state index in [-0.39, 0.29) is 4.90 Å². The van der Waals surface area contributed by atoms with Crippen LogP contribution in [-0.4, -0.2) is 22.0 Å². The molecule has 112 valence electrons. The molecular weight excluding hydrogens is 279 g/mol. The van der Waals surface area contributed by atoms with Crippen molar-refractivity contribution in [3.8, 4) is 0 Å². The minimum atomic E-state index is -3.64. The highest BCUT2D eigenvalue weighted by atomic mass is 32.2. The molecule has 0 radical (unpaired) electrons. The van der Waals surface area contributed by atoms with Gasteiger partial charge in [0.05, 0.1) is 4.90 Å². The zero-order chi connectivity index (χ0) is 14.6. The second kappa shape index (κ2) is 6.65. The summed E-state index contributed by atoms with van der Waals surface area (Å²) in [6.07, 6.45) is 4.43. The summed E-state index contributed by atoms with van der Waals surface area (Å²) in [6, 6.07) is 3.86. The highest BCUT2D eigenvalue weighted by Crippen LogP contribution is 2.33. The van der Waals surface area contributed by atoms with Crippen LogP contribution in [-0.2, 0) is 16.6 Å². The second-order valence-electron chi connectivity index (χ2n) is 5.27. The Kier molecular flexibility index (Phi) is 5.12. The summed E-state index contributed by atoms with van der Waals surface area (Å²) in [5.74, 6) is 0.247. The van der Waals surface area contributed by atoms with Crippen LogP contribution in [0.3, 0.4) is 0 Å². The fraction of sp³-hybridized carbons (Fsp3) is 0.571. The number of sulfonamides is 1. The Hall–Kier alpha value is -0.980. The Morgan fingerprint density at radius 1 is 1.35 bits per heavy atom. The molecule has 2 N–H and O–H groups in total. The molecule has 0 aromatic heterocycles. The fourth-order valence-electron chi connectivity index (χ4n) is 2.20. The SMILES string of the molecule is CNCc1ccc(F)cc1S(=O)(=O)NCCCC1CC1. The van der Waals surface area contributed by atoms with Crippen LogP contribution in [0, 0.1) is 11.7 Å². The Labute approximate surface area is 119 Å². The van der Waals surface area contributed by atoms with Gasteiger partial charge < -0.3 is 5.32 Å². The topological polar surface area (TPSA) is 58.2 Å². The number of nitrogens with one attached hydrogen (secondary N) is 2. The first-order valence-corrected chi connectivity index (χ1v) is 8.44. The van der Waals surface area contributed by atoms with Crippen molar-refractivity contribution in [1.82, 2.24) is 10.0 Å². The molecule has 1 saturated carbocycles. The van der Waals surface area contributed by atoms with E-state index < -0.39 is 15.8 Å². The van der Waals surface area contributed by atoms with Crippen LogP contribution in [0.15, 0.2) is 23.1 Å². The van der Waals surface area contributed by atoms with Crippen LogP contribution in [0.1, 0.15) is 31.2 Å². The minimum Gasteiger partial charge on any atom is -0.316 e. The molecule has 1 aliphatic carbocycles. The molecule has 0 aliphatic heterocycles. The van der Waals surface area contributed by atoms with Crippen molar-refractivity contribution in [2.24, 2.45) is 5.92 Å². The van der Waals surface area contributed by atoms with E-state index in [1.165, 1.54) is 25.0 Å². The maximum atomic E-state index is 13.3. The standard InChI is InChI=1S/C14H21FN2O2S/c1-16-10-12-6-7-13(15)9-14(12)20(18,19)17-8-2-3-11-4-5-11/h6-7,9,11,16-17H,2-5,8,10H2,1H3. The van der Waals surface area contributed by atoms with E-state index in [1.54, 1.807) is 7.05 Å². The average molecular weight is 300 g/mol. The molecule has 20 heavy (non-hydrogen) atoms. The maximum absolute atomic E-state index is 13.3. The van der Waals surface area contributed by atoms with Gasteiger partial charge in [-0.15, -0.1) is 0 Å².